The van der Waals surface area contributed by atoms with Crippen LogP contribution in [0, 0.1) is 0 Å². The number of ether oxygens (including phenoxy) is 4. The molecule has 2 aromatic rings. The predicted octanol–water partition coefficient (Wildman–Crippen LogP) is 5.25. The SMILES string of the molecule is C=C(COC)C(=O)Oc1ccc(C2=CCC(c3ccc(OC(=O)C(=C)COC)cc3)CC2)cc1. The summed E-state index contributed by atoms with van der Waals surface area (Å²) >= 11 is 0. The molecule has 0 N–H and O–H groups in total. The molecule has 1 atom stereocenters. The topological polar surface area (TPSA) is 71.1 Å². The van der Waals surface area contributed by atoms with E-state index < -0.39 is 11.9 Å². The van der Waals surface area contributed by atoms with E-state index in [4.69, 9.17) is 18.9 Å². The lowest BCUT2D eigenvalue weighted by Crippen LogP contribution is -2.14. The van der Waals surface area contributed by atoms with Crippen LogP contribution in [0.2, 0.25) is 0 Å². The molecule has 1 unspecified atom stereocenters. The normalized spacial score (nSPS) is 15.2. The Labute approximate surface area is 200 Å². The highest BCUT2D eigenvalue weighted by atomic mass is 16.5. The van der Waals surface area contributed by atoms with Crippen molar-refractivity contribution in [3.05, 3.63) is 90.0 Å². The van der Waals surface area contributed by atoms with Crippen molar-refractivity contribution in [3.63, 3.8) is 0 Å². The average Bonchev–Trinajstić information content (AvgIpc) is 2.85. The van der Waals surface area contributed by atoms with Crippen molar-refractivity contribution in [2.24, 2.45) is 0 Å². The van der Waals surface area contributed by atoms with Crippen LogP contribution in [0.1, 0.15) is 36.3 Å². The van der Waals surface area contributed by atoms with Gasteiger partial charge in [0.25, 0.3) is 0 Å². The molecule has 6 heteroatoms. The first-order valence-electron chi connectivity index (χ1n) is 11.1. The maximum atomic E-state index is 11.9. The summed E-state index contributed by atoms with van der Waals surface area (Å²) in [5, 5.41) is 0. The van der Waals surface area contributed by atoms with Gasteiger partial charge in [0.2, 0.25) is 0 Å². The molecule has 0 fully saturated rings. The maximum absolute atomic E-state index is 11.9. The quantitative estimate of drug-likeness (QED) is 0.273. The Kier molecular flexibility index (Phi) is 8.96. The van der Waals surface area contributed by atoms with Gasteiger partial charge >= 0.3 is 11.9 Å². The van der Waals surface area contributed by atoms with E-state index in [-0.39, 0.29) is 24.4 Å². The predicted molar refractivity (Wildman–Crippen MR) is 131 cm³/mol. The molecular formula is C28H30O6. The minimum Gasteiger partial charge on any atom is -0.423 e. The molecule has 0 saturated carbocycles. The largest absolute Gasteiger partial charge is 0.423 e. The van der Waals surface area contributed by atoms with Gasteiger partial charge in [-0.1, -0.05) is 43.5 Å². The zero-order chi connectivity index (χ0) is 24.5. The Balaban J connectivity index is 1.56. The van der Waals surface area contributed by atoms with Crippen molar-refractivity contribution < 1.29 is 28.5 Å². The molecular weight excluding hydrogens is 432 g/mol. The van der Waals surface area contributed by atoms with Crippen LogP contribution in [-0.2, 0) is 19.1 Å². The van der Waals surface area contributed by atoms with Crippen LogP contribution in [0.4, 0.5) is 0 Å². The van der Waals surface area contributed by atoms with Crippen LogP contribution < -0.4 is 9.47 Å². The molecule has 0 radical (unpaired) electrons. The molecule has 34 heavy (non-hydrogen) atoms. The van der Waals surface area contributed by atoms with Crippen LogP contribution in [-0.4, -0.2) is 39.4 Å². The maximum Gasteiger partial charge on any atom is 0.341 e. The number of esters is 2. The van der Waals surface area contributed by atoms with Crippen molar-refractivity contribution in [3.8, 4) is 11.5 Å². The van der Waals surface area contributed by atoms with Gasteiger partial charge in [-0.3, -0.25) is 0 Å². The number of carbonyl (C=O) groups is 2. The second kappa shape index (κ2) is 12.1. The fourth-order valence-electron chi connectivity index (χ4n) is 3.77. The van der Waals surface area contributed by atoms with Gasteiger partial charge in [-0.25, -0.2) is 9.59 Å². The minimum absolute atomic E-state index is 0.142. The lowest BCUT2D eigenvalue weighted by Gasteiger charge is -2.23. The van der Waals surface area contributed by atoms with Crippen LogP contribution in [0.15, 0.2) is 78.9 Å². The van der Waals surface area contributed by atoms with Crippen molar-refractivity contribution in [2.75, 3.05) is 27.4 Å². The molecule has 2 aromatic carbocycles. The third-order valence-electron chi connectivity index (χ3n) is 5.62. The Morgan fingerprint density at radius 1 is 0.824 bits per heavy atom. The van der Waals surface area contributed by atoms with E-state index >= 15 is 0 Å². The Morgan fingerprint density at radius 3 is 1.76 bits per heavy atom. The monoisotopic (exact) mass is 462 g/mol. The Morgan fingerprint density at radius 2 is 1.32 bits per heavy atom. The Hall–Kier alpha value is -3.48. The summed E-state index contributed by atoms with van der Waals surface area (Å²) in [6.07, 6.45) is 5.15. The molecule has 1 aliphatic rings. The van der Waals surface area contributed by atoms with Gasteiger partial charge in [-0.2, -0.15) is 0 Å². The first-order chi connectivity index (χ1) is 16.4. The van der Waals surface area contributed by atoms with Crippen molar-refractivity contribution in [2.45, 2.75) is 25.2 Å². The molecule has 0 bridgehead atoms. The molecule has 0 saturated heterocycles. The zero-order valence-corrected chi connectivity index (χ0v) is 19.7. The van der Waals surface area contributed by atoms with E-state index in [1.165, 1.54) is 25.4 Å². The highest BCUT2D eigenvalue weighted by Crippen LogP contribution is 2.36. The van der Waals surface area contributed by atoms with Gasteiger partial charge < -0.3 is 18.9 Å². The fraction of sp³-hybridized carbons (Fsp3) is 0.286. The third kappa shape index (κ3) is 6.76. The van der Waals surface area contributed by atoms with Crippen LogP contribution >= 0.6 is 0 Å². The summed E-state index contributed by atoms with van der Waals surface area (Å²) < 4.78 is 20.5. The highest BCUT2D eigenvalue weighted by Gasteiger charge is 2.18. The number of hydrogen-bond acceptors (Lipinski definition) is 6. The number of benzene rings is 2. The van der Waals surface area contributed by atoms with E-state index in [0.717, 1.165) is 24.8 Å². The van der Waals surface area contributed by atoms with Gasteiger partial charge in [0.1, 0.15) is 11.5 Å². The average molecular weight is 463 g/mol. The lowest BCUT2D eigenvalue weighted by molar-refractivity contribution is -0.131. The van der Waals surface area contributed by atoms with Gasteiger partial charge in [0.15, 0.2) is 0 Å². The van der Waals surface area contributed by atoms with Crippen molar-refractivity contribution >= 4 is 17.5 Å². The summed E-state index contributed by atoms with van der Waals surface area (Å²) in [6, 6.07) is 15.2. The molecule has 3 rings (SSSR count). The summed E-state index contributed by atoms with van der Waals surface area (Å²) in [5.74, 6) is 0.399. The van der Waals surface area contributed by atoms with Crippen LogP contribution in [0.3, 0.4) is 0 Å². The van der Waals surface area contributed by atoms with Gasteiger partial charge in [-0.15, -0.1) is 0 Å². The molecule has 178 valence electrons. The zero-order valence-electron chi connectivity index (χ0n) is 19.7. The molecule has 0 spiro atoms. The van der Waals surface area contributed by atoms with Gasteiger partial charge in [0, 0.05) is 14.2 Å². The fourth-order valence-corrected chi connectivity index (χ4v) is 3.77. The second-order valence-electron chi connectivity index (χ2n) is 8.15. The number of rotatable bonds is 10. The summed E-state index contributed by atoms with van der Waals surface area (Å²) in [5.41, 5.74) is 4.16. The summed E-state index contributed by atoms with van der Waals surface area (Å²) in [7, 11) is 3.01. The molecule has 6 nitrogen and oxygen atoms in total. The number of carbonyl (C=O) groups excluding carboxylic acids is 2. The van der Waals surface area contributed by atoms with Crippen molar-refractivity contribution in [1.29, 1.82) is 0 Å². The lowest BCUT2D eigenvalue weighted by atomic mass is 9.83. The number of allylic oxidation sites excluding steroid dienone is 2. The molecule has 0 heterocycles. The molecule has 0 amide bonds. The molecule has 0 aromatic heterocycles. The smallest absolute Gasteiger partial charge is 0.341 e. The first-order valence-corrected chi connectivity index (χ1v) is 11.1. The van der Waals surface area contributed by atoms with Crippen molar-refractivity contribution in [1.82, 2.24) is 0 Å². The number of hydrogen-bond donors (Lipinski definition) is 0. The van der Waals surface area contributed by atoms with Gasteiger partial charge in [-0.05, 0) is 66.1 Å². The summed E-state index contributed by atoms with van der Waals surface area (Å²) in [4.78, 5) is 23.9. The van der Waals surface area contributed by atoms with E-state index in [1.807, 2.05) is 36.4 Å². The van der Waals surface area contributed by atoms with Crippen LogP contribution in [0.25, 0.3) is 5.57 Å². The molecule has 1 aliphatic carbocycles. The first kappa shape index (κ1) is 25.1. The summed E-state index contributed by atoms with van der Waals surface area (Å²) in [6.45, 7) is 7.60. The van der Waals surface area contributed by atoms with E-state index in [0.29, 0.717) is 17.4 Å². The highest BCUT2D eigenvalue weighted by molar-refractivity contribution is 5.90. The van der Waals surface area contributed by atoms with Gasteiger partial charge in [0.05, 0.1) is 24.4 Å². The van der Waals surface area contributed by atoms with E-state index in [1.54, 1.807) is 12.1 Å². The standard InChI is InChI=1S/C28H30O6/c1-19(17-31-3)27(29)33-25-13-9-23(10-14-25)21-5-7-22(8-6-21)24-11-15-26(16-12-24)34-28(30)20(2)18-32-4/h5,9-16,22H,1-2,6-8,17-18H2,3-4H3. The van der Waals surface area contributed by atoms with Crippen LogP contribution in [0.5, 0.6) is 11.5 Å². The Bertz CT molecular complexity index is 1060. The van der Waals surface area contributed by atoms with E-state index in [9.17, 15) is 9.59 Å². The number of methoxy groups -OCH3 is 2. The van der Waals surface area contributed by atoms with E-state index in [2.05, 4.69) is 19.2 Å². The third-order valence-corrected chi connectivity index (χ3v) is 5.62. The molecule has 0 aliphatic heterocycles. The minimum atomic E-state index is -0.491. The second-order valence-corrected chi connectivity index (χ2v) is 8.15.